The van der Waals surface area contributed by atoms with E-state index in [0.29, 0.717) is 0 Å². The quantitative estimate of drug-likeness (QED) is 0.774. The van der Waals surface area contributed by atoms with Crippen LogP contribution < -0.4 is 10.2 Å². The molecule has 118 valence electrons. The molecule has 1 N–H and O–H groups in total. The van der Waals surface area contributed by atoms with Gasteiger partial charge in [-0.1, -0.05) is 6.92 Å². The highest BCUT2D eigenvalue weighted by atomic mass is 16.5. The fraction of sp³-hybridized carbons (Fsp3) is 0.812. The lowest BCUT2D eigenvalue weighted by atomic mass is 10.0. The number of anilines is 1. The molecule has 2 atom stereocenters. The zero-order valence-electron chi connectivity index (χ0n) is 13.3. The molecule has 21 heavy (non-hydrogen) atoms. The number of hydrogen-bond donors (Lipinski definition) is 1. The molecule has 0 saturated carbocycles. The van der Waals surface area contributed by atoms with Crippen LogP contribution in [0.1, 0.15) is 26.0 Å². The molecule has 1 aromatic heterocycles. The van der Waals surface area contributed by atoms with Crippen molar-refractivity contribution in [1.82, 2.24) is 14.9 Å². The lowest BCUT2D eigenvalue weighted by Crippen LogP contribution is -2.28. The first-order valence-electron chi connectivity index (χ1n) is 8.41. The number of ether oxygens (including phenoxy) is 1. The Bertz CT molecular complexity index is 447. The fourth-order valence-electron chi connectivity index (χ4n) is 3.55. The van der Waals surface area contributed by atoms with Crippen LogP contribution in [0.15, 0.2) is 6.20 Å². The standard InChI is InChI=1S/C16H28N4O/c1-3-15-12-19(6-5-7-21-4-2)16(18-15)20-10-13-8-17-9-14(13)11-20/h12-14,17H,3-11H2,1-2H3/t13-,14+. The third-order valence-electron chi connectivity index (χ3n) is 4.73. The normalized spacial score (nSPS) is 24.8. The maximum atomic E-state index is 5.46. The fourth-order valence-corrected chi connectivity index (χ4v) is 3.55. The number of imidazole rings is 1. The lowest BCUT2D eigenvalue weighted by molar-refractivity contribution is 0.141. The van der Waals surface area contributed by atoms with Crippen molar-refractivity contribution in [3.05, 3.63) is 11.9 Å². The molecular formula is C16H28N4O. The van der Waals surface area contributed by atoms with Crippen molar-refractivity contribution in [2.45, 2.75) is 33.2 Å². The van der Waals surface area contributed by atoms with Crippen LogP contribution in [0.5, 0.6) is 0 Å². The van der Waals surface area contributed by atoms with E-state index in [9.17, 15) is 0 Å². The van der Waals surface area contributed by atoms with Crippen molar-refractivity contribution in [2.75, 3.05) is 44.3 Å². The molecule has 0 amide bonds. The minimum atomic E-state index is 0.805. The summed E-state index contributed by atoms with van der Waals surface area (Å²) in [7, 11) is 0. The second-order valence-corrected chi connectivity index (χ2v) is 6.21. The van der Waals surface area contributed by atoms with E-state index in [1.165, 1.54) is 24.7 Å². The molecule has 0 bridgehead atoms. The molecule has 2 saturated heterocycles. The van der Waals surface area contributed by atoms with Crippen LogP contribution in [-0.4, -0.2) is 48.9 Å². The van der Waals surface area contributed by atoms with Crippen LogP contribution in [0, 0.1) is 11.8 Å². The maximum absolute atomic E-state index is 5.46. The number of rotatable bonds is 7. The van der Waals surface area contributed by atoms with E-state index in [1.807, 2.05) is 0 Å². The number of aromatic nitrogens is 2. The Morgan fingerprint density at radius 3 is 2.71 bits per heavy atom. The Kier molecular flexibility index (Phi) is 4.80. The summed E-state index contributed by atoms with van der Waals surface area (Å²) in [4.78, 5) is 7.36. The highest BCUT2D eigenvalue weighted by Gasteiger charge is 2.37. The van der Waals surface area contributed by atoms with E-state index in [2.05, 4.69) is 34.8 Å². The van der Waals surface area contributed by atoms with Crippen LogP contribution in [0.4, 0.5) is 5.95 Å². The summed E-state index contributed by atoms with van der Waals surface area (Å²) >= 11 is 0. The van der Waals surface area contributed by atoms with Crippen molar-refractivity contribution in [1.29, 1.82) is 0 Å². The van der Waals surface area contributed by atoms with Crippen molar-refractivity contribution >= 4 is 5.95 Å². The van der Waals surface area contributed by atoms with E-state index in [4.69, 9.17) is 9.72 Å². The van der Waals surface area contributed by atoms with Gasteiger partial charge in [0.25, 0.3) is 0 Å². The Morgan fingerprint density at radius 1 is 1.29 bits per heavy atom. The Balaban J connectivity index is 1.67. The summed E-state index contributed by atoms with van der Waals surface area (Å²) in [5, 5.41) is 3.51. The van der Waals surface area contributed by atoms with Gasteiger partial charge in [0.2, 0.25) is 5.95 Å². The molecule has 3 rings (SSSR count). The third-order valence-corrected chi connectivity index (χ3v) is 4.73. The summed E-state index contributed by atoms with van der Waals surface area (Å²) in [5.41, 5.74) is 1.21. The molecular weight excluding hydrogens is 264 g/mol. The van der Waals surface area contributed by atoms with Gasteiger partial charge in [0, 0.05) is 52.1 Å². The number of nitrogens with zero attached hydrogens (tertiary/aromatic N) is 3. The monoisotopic (exact) mass is 292 g/mol. The van der Waals surface area contributed by atoms with Crippen LogP contribution in [0.2, 0.25) is 0 Å². The predicted molar refractivity (Wildman–Crippen MR) is 84.8 cm³/mol. The van der Waals surface area contributed by atoms with Gasteiger partial charge in [-0.25, -0.2) is 4.98 Å². The average Bonchev–Trinajstić information content (AvgIpc) is 3.16. The van der Waals surface area contributed by atoms with Crippen LogP contribution in [-0.2, 0) is 17.7 Å². The van der Waals surface area contributed by atoms with Gasteiger partial charge in [0.1, 0.15) is 0 Å². The summed E-state index contributed by atoms with van der Waals surface area (Å²) in [6.07, 6.45) is 4.30. The molecule has 2 aliphatic heterocycles. The lowest BCUT2D eigenvalue weighted by Gasteiger charge is -2.20. The second-order valence-electron chi connectivity index (χ2n) is 6.21. The SMILES string of the molecule is CCOCCCn1cc(CC)nc1N1C[C@H]2CNC[C@H]2C1. The predicted octanol–water partition coefficient (Wildman–Crippen LogP) is 1.53. The van der Waals surface area contributed by atoms with Gasteiger partial charge in [-0.2, -0.15) is 0 Å². The van der Waals surface area contributed by atoms with E-state index in [-0.39, 0.29) is 0 Å². The Labute approximate surface area is 127 Å². The first-order chi connectivity index (χ1) is 10.3. The van der Waals surface area contributed by atoms with E-state index < -0.39 is 0 Å². The first kappa shape index (κ1) is 14.9. The number of nitrogens with one attached hydrogen (secondary N) is 1. The highest BCUT2D eigenvalue weighted by molar-refractivity contribution is 5.36. The van der Waals surface area contributed by atoms with Gasteiger partial charge in [-0.05, 0) is 31.6 Å². The molecule has 5 nitrogen and oxygen atoms in total. The van der Waals surface area contributed by atoms with Crippen LogP contribution in [0.25, 0.3) is 0 Å². The molecule has 0 aliphatic carbocycles. The van der Waals surface area contributed by atoms with Crippen molar-refractivity contribution in [3.63, 3.8) is 0 Å². The Morgan fingerprint density at radius 2 is 2.05 bits per heavy atom. The first-order valence-corrected chi connectivity index (χ1v) is 8.41. The van der Waals surface area contributed by atoms with Gasteiger partial charge < -0.3 is 19.5 Å². The molecule has 2 aliphatic rings. The zero-order valence-corrected chi connectivity index (χ0v) is 13.3. The Hall–Kier alpha value is -1.07. The van der Waals surface area contributed by atoms with Gasteiger partial charge in [-0.3, -0.25) is 0 Å². The summed E-state index contributed by atoms with van der Waals surface area (Å²) in [6, 6.07) is 0. The van der Waals surface area contributed by atoms with Crippen molar-refractivity contribution in [3.8, 4) is 0 Å². The molecule has 2 fully saturated rings. The molecule has 5 heteroatoms. The van der Waals surface area contributed by atoms with Crippen LogP contribution >= 0.6 is 0 Å². The van der Waals surface area contributed by atoms with Crippen molar-refractivity contribution in [2.24, 2.45) is 11.8 Å². The second kappa shape index (κ2) is 6.79. The summed E-state index contributed by atoms with van der Waals surface area (Å²) in [6.45, 7) is 11.5. The van der Waals surface area contributed by atoms with Crippen LogP contribution in [0.3, 0.4) is 0 Å². The third kappa shape index (κ3) is 3.24. The molecule has 3 heterocycles. The molecule has 0 aromatic carbocycles. The maximum Gasteiger partial charge on any atom is 0.205 e. The number of hydrogen-bond acceptors (Lipinski definition) is 4. The largest absolute Gasteiger partial charge is 0.382 e. The average molecular weight is 292 g/mol. The topological polar surface area (TPSA) is 42.3 Å². The molecule has 0 unspecified atom stereocenters. The molecule has 0 spiro atoms. The highest BCUT2D eigenvalue weighted by Crippen LogP contribution is 2.30. The van der Waals surface area contributed by atoms with Gasteiger partial charge in [0.05, 0.1) is 5.69 Å². The van der Waals surface area contributed by atoms with E-state index in [1.54, 1.807) is 0 Å². The summed E-state index contributed by atoms with van der Waals surface area (Å²) in [5.74, 6) is 2.80. The van der Waals surface area contributed by atoms with Gasteiger partial charge >= 0.3 is 0 Å². The van der Waals surface area contributed by atoms with E-state index >= 15 is 0 Å². The van der Waals surface area contributed by atoms with Crippen molar-refractivity contribution < 1.29 is 4.74 Å². The zero-order chi connectivity index (χ0) is 14.7. The number of aryl methyl sites for hydroxylation is 2. The smallest absolute Gasteiger partial charge is 0.205 e. The molecule has 1 aromatic rings. The van der Waals surface area contributed by atoms with E-state index in [0.717, 1.165) is 57.5 Å². The summed E-state index contributed by atoms with van der Waals surface area (Å²) < 4.78 is 7.80. The molecule has 0 radical (unpaired) electrons. The number of fused-ring (bicyclic) bond motifs is 1. The van der Waals surface area contributed by atoms with Gasteiger partial charge in [0.15, 0.2) is 0 Å². The van der Waals surface area contributed by atoms with Gasteiger partial charge in [-0.15, -0.1) is 0 Å². The minimum absolute atomic E-state index is 0.805. The minimum Gasteiger partial charge on any atom is -0.382 e.